The first kappa shape index (κ1) is 17.9. The number of amides is 2. The number of morpholine rings is 1. The number of halogens is 1. The second-order valence-corrected chi connectivity index (χ2v) is 6.69. The fourth-order valence-electron chi connectivity index (χ4n) is 3.13. The Hall–Kier alpha value is -1.86. The van der Waals surface area contributed by atoms with E-state index in [1.807, 2.05) is 11.8 Å². The predicted molar refractivity (Wildman–Crippen MR) is 94.9 cm³/mol. The fourth-order valence-corrected chi connectivity index (χ4v) is 3.35. The molecule has 0 bridgehead atoms. The number of pyridine rings is 1. The highest BCUT2D eigenvalue weighted by Gasteiger charge is 2.26. The van der Waals surface area contributed by atoms with Gasteiger partial charge in [0.15, 0.2) is 0 Å². The van der Waals surface area contributed by atoms with Crippen LogP contribution in [0.1, 0.15) is 30.1 Å². The number of likely N-dealkylation sites (tertiary alicyclic amines) is 1. The molecule has 2 fully saturated rings. The number of nitrogens with one attached hydrogen (secondary N) is 1. The van der Waals surface area contributed by atoms with Gasteiger partial charge < -0.3 is 19.9 Å². The van der Waals surface area contributed by atoms with Gasteiger partial charge in [-0.1, -0.05) is 18.5 Å². The summed E-state index contributed by atoms with van der Waals surface area (Å²) >= 11 is 6.32. The lowest BCUT2D eigenvalue weighted by Gasteiger charge is -2.27. The smallest absolute Gasteiger partial charge is 0.255 e. The maximum absolute atomic E-state index is 12.5. The van der Waals surface area contributed by atoms with E-state index in [9.17, 15) is 9.59 Å². The van der Waals surface area contributed by atoms with Gasteiger partial charge in [0.2, 0.25) is 5.91 Å². The first-order chi connectivity index (χ1) is 12.1. The number of carbonyl (C=O) groups is 2. The molecule has 2 saturated heterocycles. The van der Waals surface area contributed by atoms with Crippen LogP contribution in [0.2, 0.25) is 5.02 Å². The average Bonchev–Trinajstić information content (AvgIpc) is 3.11. The first-order valence-corrected chi connectivity index (χ1v) is 9.03. The number of hydrogen-bond donors (Lipinski definition) is 1. The number of nitrogens with zero attached hydrogens (tertiary/aromatic N) is 3. The van der Waals surface area contributed by atoms with E-state index in [4.69, 9.17) is 16.3 Å². The maximum Gasteiger partial charge on any atom is 0.255 e. The highest BCUT2D eigenvalue weighted by molar-refractivity contribution is 6.33. The maximum atomic E-state index is 12.5. The first-order valence-electron chi connectivity index (χ1n) is 8.65. The van der Waals surface area contributed by atoms with Crippen LogP contribution in [0.5, 0.6) is 0 Å². The molecule has 1 N–H and O–H groups in total. The van der Waals surface area contributed by atoms with Crippen molar-refractivity contribution in [3.8, 4) is 0 Å². The Morgan fingerprint density at radius 1 is 1.32 bits per heavy atom. The Labute approximate surface area is 152 Å². The molecule has 0 radical (unpaired) electrons. The highest BCUT2D eigenvalue weighted by Crippen LogP contribution is 2.24. The molecule has 2 aliphatic rings. The second kappa shape index (κ2) is 8.01. The molecule has 0 spiro atoms. The van der Waals surface area contributed by atoms with Crippen LogP contribution >= 0.6 is 11.6 Å². The van der Waals surface area contributed by atoms with Gasteiger partial charge >= 0.3 is 0 Å². The summed E-state index contributed by atoms with van der Waals surface area (Å²) in [7, 11) is 0. The lowest BCUT2D eigenvalue weighted by molar-refractivity contribution is -0.129. The Balaban J connectivity index is 1.62. The average molecular weight is 367 g/mol. The van der Waals surface area contributed by atoms with E-state index in [1.54, 1.807) is 17.2 Å². The summed E-state index contributed by atoms with van der Waals surface area (Å²) in [5, 5.41) is 3.70. The Bertz CT molecular complexity index is 649. The van der Waals surface area contributed by atoms with Crippen molar-refractivity contribution in [1.29, 1.82) is 0 Å². The van der Waals surface area contributed by atoms with Gasteiger partial charge in [-0.25, -0.2) is 4.98 Å². The lowest BCUT2D eigenvalue weighted by atomic mass is 10.2. The van der Waals surface area contributed by atoms with Crippen LogP contribution < -0.4 is 5.32 Å². The monoisotopic (exact) mass is 366 g/mol. The minimum atomic E-state index is -0.0789. The zero-order chi connectivity index (χ0) is 17.8. The summed E-state index contributed by atoms with van der Waals surface area (Å²) in [4.78, 5) is 32.1. The summed E-state index contributed by atoms with van der Waals surface area (Å²) < 4.78 is 5.26. The summed E-state index contributed by atoms with van der Waals surface area (Å²) in [6.07, 6.45) is 2.93. The number of rotatable bonds is 4. The Morgan fingerprint density at radius 3 is 2.76 bits per heavy atom. The molecule has 1 aromatic rings. The van der Waals surface area contributed by atoms with Crippen molar-refractivity contribution in [2.45, 2.75) is 25.8 Å². The van der Waals surface area contributed by atoms with Crippen molar-refractivity contribution < 1.29 is 14.3 Å². The third-order valence-electron chi connectivity index (χ3n) is 4.57. The molecule has 2 amide bonds. The third kappa shape index (κ3) is 4.22. The summed E-state index contributed by atoms with van der Waals surface area (Å²) in [6, 6.07) is 1.78. The molecule has 7 nitrogen and oxygen atoms in total. The normalized spacial score (nSPS) is 20.6. The van der Waals surface area contributed by atoms with E-state index >= 15 is 0 Å². The quantitative estimate of drug-likeness (QED) is 0.876. The van der Waals surface area contributed by atoms with Crippen LogP contribution in [0.25, 0.3) is 0 Å². The molecule has 0 aromatic carbocycles. The van der Waals surface area contributed by atoms with Gasteiger partial charge in [0, 0.05) is 44.8 Å². The molecule has 25 heavy (non-hydrogen) atoms. The van der Waals surface area contributed by atoms with Gasteiger partial charge in [-0.3, -0.25) is 9.59 Å². The molecule has 1 atom stereocenters. The van der Waals surface area contributed by atoms with Crippen LogP contribution in [0.4, 0.5) is 5.82 Å². The fraction of sp³-hybridized carbons (Fsp3) is 0.588. The second-order valence-electron chi connectivity index (χ2n) is 6.28. The van der Waals surface area contributed by atoms with Gasteiger partial charge in [-0.15, -0.1) is 0 Å². The van der Waals surface area contributed by atoms with E-state index in [0.29, 0.717) is 55.7 Å². The van der Waals surface area contributed by atoms with Crippen LogP contribution in [0.3, 0.4) is 0 Å². The molecule has 3 rings (SSSR count). The minimum Gasteiger partial charge on any atom is -0.378 e. The zero-order valence-electron chi connectivity index (χ0n) is 14.3. The molecule has 1 aromatic heterocycles. The Morgan fingerprint density at radius 2 is 2.08 bits per heavy atom. The molecule has 0 aliphatic carbocycles. The molecule has 136 valence electrons. The van der Waals surface area contributed by atoms with Crippen molar-refractivity contribution >= 4 is 29.2 Å². The van der Waals surface area contributed by atoms with Gasteiger partial charge in [0.05, 0.1) is 23.8 Å². The van der Waals surface area contributed by atoms with E-state index < -0.39 is 0 Å². The topological polar surface area (TPSA) is 74.8 Å². The van der Waals surface area contributed by atoms with Gasteiger partial charge in [0.1, 0.15) is 5.82 Å². The minimum absolute atomic E-state index is 0.0789. The molecule has 3 heterocycles. The number of aromatic nitrogens is 1. The van der Waals surface area contributed by atoms with E-state index in [0.717, 1.165) is 13.0 Å². The largest absolute Gasteiger partial charge is 0.378 e. The van der Waals surface area contributed by atoms with Crippen molar-refractivity contribution in [3.05, 3.63) is 22.8 Å². The Kier molecular flexibility index (Phi) is 5.75. The van der Waals surface area contributed by atoms with Crippen LogP contribution in [-0.2, 0) is 9.53 Å². The zero-order valence-corrected chi connectivity index (χ0v) is 15.1. The highest BCUT2D eigenvalue weighted by atomic mass is 35.5. The SMILES string of the molecule is CCC(=O)N1CCC(Nc2ncc(C(=O)N3CCOCC3)cc2Cl)C1. The summed E-state index contributed by atoms with van der Waals surface area (Å²) in [5.41, 5.74) is 0.478. The van der Waals surface area contributed by atoms with Crippen LogP contribution in [0, 0.1) is 0 Å². The third-order valence-corrected chi connectivity index (χ3v) is 4.86. The molecule has 8 heteroatoms. The van der Waals surface area contributed by atoms with E-state index in [-0.39, 0.29) is 17.9 Å². The van der Waals surface area contributed by atoms with Crippen LogP contribution in [0.15, 0.2) is 12.3 Å². The van der Waals surface area contributed by atoms with Crippen molar-refractivity contribution in [1.82, 2.24) is 14.8 Å². The van der Waals surface area contributed by atoms with Gasteiger partial charge in [-0.2, -0.15) is 0 Å². The van der Waals surface area contributed by atoms with Gasteiger partial charge in [-0.05, 0) is 12.5 Å². The van der Waals surface area contributed by atoms with Crippen LogP contribution in [-0.4, -0.2) is 72.0 Å². The van der Waals surface area contributed by atoms with E-state index in [2.05, 4.69) is 10.3 Å². The molecule has 2 aliphatic heterocycles. The molecule has 0 saturated carbocycles. The number of anilines is 1. The number of hydrogen-bond acceptors (Lipinski definition) is 5. The lowest BCUT2D eigenvalue weighted by Crippen LogP contribution is -2.40. The predicted octanol–water partition coefficient (Wildman–Crippen LogP) is 1.63. The number of ether oxygens (including phenoxy) is 1. The van der Waals surface area contributed by atoms with Crippen molar-refractivity contribution in [2.24, 2.45) is 0 Å². The van der Waals surface area contributed by atoms with Crippen molar-refractivity contribution in [2.75, 3.05) is 44.7 Å². The van der Waals surface area contributed by atoms with Crippen molar-refractivity contribution in [3.63, 3.8) is 0 Å². The molecule has 1 unspecified atom stereocenters. The standard InChI is InChI=1S/C17H23ClN4O3/c1-2-15(23)22-4-3-13(11-22)20-16-14(18)9-12(10-19-16)17(24)21-5-7-25-8-6-21/h9-10,13H,2-8,11H2,1H3,(H,19,20). The van der Waals surface area contributed by atoms with E-state index in [1.165, 1.54) is 0 Å². The summed E-state index contributed by atoms with van der Waals surface area (Å²) in [6.45, 7) is 5.54. The summed E-state index contributed by atoms with van der Waals surface area (Å²) in [5.74, 6) is 0.635. The molecular formula is C17H23ClN4O3. The number of carbonyl (C=O) groups excluding carboxylic acids is 2. The molecular weight excluding hydrogens is 344 g/mol. The van der Waals surface area contributed by atoms with Gasteiger partial charge in [0.25, 0.3) is 5.91 Å².